The van der Waals surface area contributed by atoms with Gasteiger partial charge in [-0.2, -0.15) is 0 Å². The van der Waals surface area contributed by atoms with E-state index >= 15 is 0 Å². The van der Waals surface area contributed by atoms with Crippen LogP contribution in [0.3, 0.4) is 0 Å². The third-order valence-electron chi connectivity index (χ3n) is 3.47. The summed E-state index contributed by atoms with van der Waals surface area (Å²) in [6.07, 6.45) is 2.20. The highest BCUT2D eigenvalue weighted by molar-refractivity contribution is 5.78. The summed E-state index contributed by atoms with van der Waals surface area (Å²) in [5.74, 6) is 1.20. The van der Waals surface area contributed by atoms with Crippen molar-refractivity contribution in [1.82, 2.24) is 4.90 Å². The number of nitrogens with zero attached hydrogens (tertiary/aromatic N) is 1. The first-order valence-electron chi connectivity index (χ1n) is 9.21. The highest BCUT2D eigenvalue weighted by atomic mass is 16.5. The van der Waals surface area contributed by atoms with Gasteiger partial charge in [-0.3, -0.25) is 4.79 Å². The first-order valence-corrected chi connectivity index (χ1v) is 9.21. The van der Waals surface area contributed by atoms with Crippen LogP contribution in [0.4, 0.5) is 0 Å². The summed E-state index contributed by atoms with van der Waals surface area (Å²) in [7, 11) is 1.71. The molecule has 0 aromatic heterocycles. The average molecular weight is 334 g/mol. The van der Waals surface area contributed by atoms with Crippen LogP contribution in [-0.2, 0) is 9.53 Å². The SMILES string of the molecule is C.CC.CC.CCCCN(CC(C)COC)C(=O)C(C)C(C)C. The Morgan fingerprint density at radius 2 is 1.52 bits per heavy atom. The maximum atomic E-state index is 12.4. The average Bonchev–Trinajstić information content (AvgIpc) is 2.54. The van der Waals surface area contributed by atoms with Crippen LogP contribution in [0.2, 0.25) is 0 Å². The standard InChI is InChI=1S/C15H31NO2.2C2H6.CH4/c1-7-8-9-16(10-13(4)11-18-6)15(17)14(5)12(2)3;2*1-2;/h12-14H,7-11H2,1-6H3;2*1-2H3;1H4. The smallest absolute Gasteiger partial charge is 0.225 e. The van der Waals surface area contributed by atoms with Crippen molar-refractivity contribution in [2.45, 2.75) is 82.6 Å². The molecule has 0 aliphatic carbocycles. The molecule has 2 unspecified atom stereocenters. The minimum absolute atomic E-state index is 0. The molecule has 0 fully saturated rings. The Hall–Kier alpha value is -0.570. The minimum atomic E-state index is 0. The van der Waals surface area contributed by atoms with Crippen molar-refractivity contribution in [1.29, 1.82) is 0 Å². The second-order valence-corrected chi connectivity index (χ2v) is 5.73. The van der Waals surface area contributed by atoms with Crippen LogP contribution in [0.5, 0.6) is 0 Å². The number of ether oxygens (including phenoxy) is 1. The molecular weight excluding hydrogens is 286 g/mol. The minimum Gasteiger partial charge on any atom is -0.384 e. The lowest BCUT2D eigenvalue weighted by Crippen LogP contribution is -2.41. The van der Waals surface area contributed by atoms with Gasteiger partial charge in [0.25, 0.3) is 0 Å². The topological polar surface area (TPSA) is 29.5 Å². The maximum absolute atomic E-state index is 12.4. The lowest BCUT2D eigenvalue weighted by molar-refractivity contribution is -0.137. The second kappa shape index (κ2) is 21.4. The summed E-state index contributed by atoms with van der Waals surface area (Å²) in [6, 6.07) is 0. The summed E-state index contributed by atoms with van der Waals surface area (Å²) in [5, 5.41) is 0. The molecule has 3 heteroatoms. The molecule has 2 atom stereocenters. The molecule has 0 heterocycles. The van der Waals surface area contributed by atoms with E-state index in [0.29, 0.717) is 24.3 Å². The molecule has 0 aliphatic rings. The predicted molar refractivity (Wildman–Crippen MR) is 106 cm³/mol. The summed E-state index contributed by atoms with van der Waals surface area (Å²) in [6.45, 7) is 20.9. The number of carbonyl (C=O) groups is 1. The van der Waals surface area contributed by atoms with Crippen molar-refractivity contribution < 1.29 is 9.53 Å². The van der Waals surface area contributed by atoms with E-state index in [1.165, 1.54) is 0 Å². The fourth-order valence-corrected chi connectivity index (χ4v) is 1.93. The van der Waals surface area contributed by atoms with Gasteiger partial charge >= 0.3 is 0 Å². The van der Waals surface area contributed by atoms with E-state index in [1.807, 2.05) is 39.5 Å². The van der Waals surface area contributed by atoms with Crippen LogP contribution >= 0.6 is 0 Å². The van der Waals surface area contributed by atoms with Gasteiger partial charge in [0.05, 0.1) is 6.61 Å². The molecule has 0 aliphatic heterocycles. The van der Waals surface area contributed by atoms with Gasteiger partial charge in [0.1, 0.15) is 0 Å². The molecule has 0 aromatic carbocycles. The van der Waals surface area contributed by atoms with E-state index in [4.69, 9.17) is 4.74 Å². The third-order valence-corrected chi connectivity index (χ3v) is 3.47. The Morgan fingerprint density at radius 3 is 1.87 bits per heavy atom. The highest BCUT2D eigenvalue weighted by Gasteiger charge is 2.23. The summed E-state index contributed by atoms with van der Waals surface area (Å²) < 4.78 is 5.16. The maximum Gasteiger partial charge on any atom is 0.225 e. The predicted octanol–water partition coefficient (Wildman–Crippen LogP) is 5.88. The molecular formula is C20H47NO2. The van der Waals surface area contributed by atoms with Crippen LogP contribution in [0.25, 0.3) is 0 Å². The van der Waals surface area contributed by atoms with Crippen molar-refractivity contribution in [3.05, 3.63) is 0 Å². The fourth-order valence-electron chi connectivity index (χ4n) is 1.93. The Labute approximate surface area is 148 Å². The first kappa shape index (κ1) is 30.3. The van der Waals surface area contributed by atoms with Gasteiger partial charge in [-0.05, 0) is 18.3 Å². The van der Waals surface area contributed by atoms with E-state index < -0.39 is 0 Å². The molecule has 0 aromatic rings. The normalized spacial score (nSPS) is 12.0. The van der Waals surface area contributed by atoms with Crippen LogP contribution in [0.1, 0.15) is 82.6 Å². The fraction of sp³-hybridized carbons (Fsp3) is 0.950. The molecule has 0 bridgehead atoms. The van der Waals surface area contributed by atoms with Gasteiger partial charge < -0.3 is 9.64 Å². The van der Waals surface area contributed by atoms with Gasteiger partial charge in [-0.25, -0.2) is 0 Å². The molecule has 3 nitrogen and oxygen atoms in total. The zero-order chi connectivity index (χ0) is 18.1. The van der Waals surface area contributed by atoms with Gasteiger partial charge in [-0.15, -0.1) is 0 Å². The molecule has 0 saturated heterocycles. The Morgan fingerprint density at radius 1 is 1.04 bits per heavy atom. The van der Waals surface area contributed by atoms with Crippen molar-refractivity contribution in [3.63, 3.8) is 0 Å². The third kappa shape index (κ3) is 16.1. The van der Waals surface area contributed by atoms with E-state index in [2.05, 4.69) is 27.7 Å². The molecule has 1 amide bonds. The quantitative estimate of drug-likeness (QED) is 0.527. The molecule has 23 heavy (non-hydrogen) atoms. The van der Waals surface area contributed by atoms with Crippen molar-refractivity contribution in [3.8, 4) is 0 Å². The summed E-state index contributed by atoms with van der Waals surface area (Å²) in [5.41, 5.74) is 0. The number of hydrogen-bond donors (Lipinski definition) is 0. The van der Waals surface area contributed by atoms with E-state index in [9.17, 15) is 4.79 Å². The largest absolute Gasteiger partial charge is 0.384 e. The lowest BCUT2D eigenvalue weighted by Gasteiger charge is -2.29. The molecule has 144 valence electrons. The van der Waals surface area contributed by atoms with Gasteiger partial charge in [0.15, 0.2) is 0 Å². The Balaban J connectivity index is -0.000000332. The van der Waals surface area contributed by atoms with Crippen molar-refractivity contribution >= 4 is 5.91 Å². The van der Waals surface area contributed by atoms with Crippen LogP contribution in [0.15, 0.2) is 0 Å². The van der Waals surface area contributed by atoms with Gasteiger partial charge in [-0.1, -0.05) is 76.2 Å². The van der Waals surface area contributed by atoms with E-state index in [0.717, 1.165) is 25.9 Å². The number of amides is 1. The summed E-state index contributed by atoms with van der Waals surface area (Å²) >= 11 is 0. The van der Waals surface area contributed by atoms with Crippen LogP contribution < -0.4 is 0 Å². The monoisotopic (exact) mass is 333 g/mol. The zero-order valence-electron chi connectivity index (χ0n) is 17.0. The molecule has 0 saturated carbocycles. The molecule has 0 spiro atoms. The number of methoxy groups -OCH3 is 1. The number of rotatable bonds is 9. The van der Waals surface area contributed by atoms with E-state index in [-0.39, 0.29) is 13.3 Å². The number of unbranched alkanes of at least 4 members (excludes halogenated alkanes) is 1. The van der Waals surface area contributed by atoms with Gasteiger partial charge in [0.2, 0.25) is 5.91 Å². The Bertz CT molecular complexity index is 230. The van der Waals surface area contributed by atoms with Crippen LogP contribution in [-0.4, -0.2) is 37.6 Å². The second-order valence-electron chi connectivity index (χ2n) is 5.73. The first-order chi connectivity index (χ1) is 10.4. The van der Waals surface area contributed by atoms with Crippen molar-refractivity contribution in [2.75, 3.05) is 26.8 Å². The molecule has 0 radical (unpaired) electrons. The van der Waals surface area contributed by atoms with Crippen LogP contribution in [0, 0.1) is 17.8 Å². The zero-order valence-corrected chi connectivity index (χ0v) is 17.0. The number of carbonyl (C=O) groups excluding carboxylic acids is 1. The molecule has 0 N–H and O–H groups in total. The summed E-state index contributed by atoms with van der Waals surface area (Å²) in [4.78, 5) is 14.4. The lowest BCUT2D eigenvalue weighted by atomic mass is 9.96. The van der Waals surface area contributed by atoms with E-state index in [1.54, 1.807) is 7.11 Å². The van der Waals surface area contributed by atoms with Gasteiger partial charge in [0, 0.05) is 26.1 Å². The van der Waals surface area contributed by atoms with Crippen molar-refractivity contribution in [2.24, 2.45) is 17.8 Å². The highest BCUT2D eigenvalue weighted by Crippen LogP contribution is 2.15. The Kier molecular flexibility index (Phi) is 28.3. The molecule has 0 rings (SSSR count). The number of hydrogen-bond acceptors (Lipinski definition) is 2.